The number of rotatable bonds is 3. The minimum atomic E-state index is -0.448. The second-order valence-corrected chi connectivity index (χ2v) is 4.58. The van der Waals surface area contributed by atoms with Gasteiger partial charge in [-0.05, 0) is 13.0 Å². The van der Waals surface area contributed by atoms with E-state index in [1.54, 1.807) is 12.1 Å². The van der Waals surface area contributed by atoms with Gasteiger partial charge in [-0.3, -0.25) is 0 Å². The fourth-order valence-corrected chi connectivity index (χ4v) is 2.20. The van der Waals surface area contributed by atoms with Crippen molar-refractivity contribution in [2.75, 3.05) is 14.2 Å². The zero-order chi connectivity index (χ0) is 13.1. The van der Waals surface area contributed by atoms with E-state index in [2.05, 4.69) is 19.9 Å². The molecule has 2 heterocycles. The van der Waals surface area contributed by atoms with Crippen LogP contribution in [0.5, 0.6) is 5.88 Å². The summed E-state index contributed by atoms with van der Waals surface area (Å²) in [5.74, 6) is -0.0170. The van der Waals surface area contributed by atoms with Crippen LogP contribution in [0.3, 0.4) is 0 Å². The number of aromatic nitrogens is 3. The van der Waals surface area contributed by atoms with Crippen LogP contribution in [-0.2, 0) is 4.74 Å². The number of carbonyl (C=O) groups is 1. The number of hydrogen-bond acceptors (Lipinski definition) is 7. The molecule has 2 aromatic heterocycles. The Morgan fingerprint density at radius 2 is 2.06 bits per heavy atom. The Labute approximate surface area is 108 Å². The molecule has 0 spiro atoms. The average molecular weight is 265 g/mol. The summed E-state index contributed by atoms with van der Waals surface area (Å²) in [5, 5.41) is 8.46. The number of nitrogens with zero attached hydrogens (tertiary/aromatic N) is 3. The first-order valence-electron chi connectivity index (χ1n) is 5.09. The Kier molecular flexibility index (Phi) is 3.52. The Hall–Kier alpha value is -2.02. The zero-order valence-corrected chi connectivity index (χ0v) is 10.9. The van der Waals surface area contributed by atoms with E-state index in [1.165, 1.54) is 25.6 Å². The lowest BCUT2D eigenvalue weighted by atomic mass is 10.3. The van der Waals surface area contributed by atoms with Crippen molar-refractivity contribution in [3.05, 3.63) is 22.7 Å². The molecular weight excluding hydrogens is 254 g/mol. The van der Waals surface area contributed by atoms with E-state index in [0.29, 0.717) is 22.3 Å². The van der Waals surface area contributed by atoms with Crippen molar-refractivity contribution in [3.8, 4) is 16.6 Å². The topological polar surface area (TPSA) is 74.2 Å². The van der Waals surface area contributed by atoms with Crippen LogP contribution in [0.15, 0.2) is 12.1 Å². The molecule has 18 heavy (non-hydrogen) atoms. The van der Waals surface area contributed by atoms with Gasteiger partial charge in [0.05, 0.1) is 14.2 Å². The zero-order valence-electron chi connectivity index (χ0n) is 10.1. The molecule has 0 fully saturated rings. The second kappa shape index (κ2) is 5.09. The molecule has 0 aliphatic rings. The maximum atomic E-state index is 11.4. The predicted molar refractivity (Wildman–Crippen MR) is 65.8 cm³/mol. The van der Waals surface area contributed by atoms with Crippen molar-refractivity contribution in [1.29, 1.82) is 0 Å². The van der Waals surface area contributed by atoms with E-state index in [1.807, 2.05) is 6.92 Å². The molecule has 7 heteroatoms. The number of ether oxygens (including phenoxy) is 2. The molecule has 6 nitrogen and oxygen atoms in total. The number of aryl methyl sites for hydroxylation is 1. The minimum Gasteiger partial charge on any atom is -0.480 e. The number of hydrogen-bond donors (Lipinski definition) is 0. The molecule has 2 rings (SSSR count). The highest BCUT2D eigenvalue weighted by Crippen LogP contribution is 2.26. The fraction of sp³-hybridized carbons (Fsp3) is 0.273. The number of methoxy groups -OCH3 is 2. The Bertz CT molecular complexity index is 565. The highest BCUT2D eigenvalue weighted by Gasteiger charge is 2.17. The van der Waals surface area contributed by atoms with Crippen LogP contribution in [0.1, 0.15) is 15.4 Å². The lowest BCUT2D eigenvalue weighted by Gasteiger charge is -1.97. The summed E-state index contributed by atoms with van der Waals surface area (Å²) in [7, 11) is 2.85. The molecule has 0 saturated heterocycles. The van der Waals surface area contributed by atoms with Crippen LogP contribution in [0.2, 0.25) is 0 Å². The Morgan fingerprint density at radius 1 is 1.28 bits per heavy atom. The van der Waals surface area contributed by atoms with Gasteiger partial charge in [0.1, 0.15) is 10.7 Å². The van der Waals surface area contributed by atoms with Crippen molar-refractivity contribution in [2.45, 2.75) is 6.92 Å². The summed E-state index contributed by atoms with van der Waals surface area (Å²) in [4.78, 5) is 16.4. The molecule has 94 valence electrons. The first-order chi connectivity index (χ1) is 8.65. The summed E-state index contributed by atoms with van der Waals surface area (Å²) in [5.41, 5.74) is 0.911. The molecule has 0 aliphatic heterocycles. The molecule has 0 N–H and O–H groups in total. The standard InChI is InChI=1S/C11H11N3O3S/c1-6-9(11(15)17-3)12-10(18-6)7-4-5-8(16-2)14-13-7/h4-5H,1-3H3. The molecule has 0 radical (unpaired) electrons. The average Bonchev–Trinajstić information content (AvgIpc) is 2.80. The van der Waals surface area contributed by atoms with Crippen LogP contribution in [0.4, 0.5) is 0 Å². The molecule has 0 bridgehead atoms. The van der Waals surface area contributed by atoms with Crippen molar-refractivity contribution >= 4 is 17.3 Å². The summed E-state index contributed by atoms with van der Waals surface area (Å²) >= 11 is 1.37. The third-order valence-corrected chi connectivity index (χ3v) is 3.24. The lowest BCUT2D eigenvalue weighted by Crippen LogP contribution is -2.03. The highest BCUT2D eigenvalue weighted by molar-refractivity contribution is 7.15. The van der Waals surface area contributed by atoms with Crippen molar-refractivity contribution in [3.63, 3.8) is 0 Å². The van der Waals surface area contributed by atoms with Crippen molar-refractivity contribution in [2.24, 2.45) is 0 Å². The third-order valence-electron chi connectivity index (χ3n) is 2.24. The monoisotopic (exact) mass is 265 g/mol. The van der Waals surface area contributed by atoms with Crippen molar-refractivity contribution < 1.29 is 14.3 Å². The molecule has 0 atom stereocenters. The lowest BCUT2D eigenvalue weighted by molar-refractivity contribution is 0.0594. The quantitative estimate of drug-likeness (QED) is 0.786. The summed E-state index contributed by atoms with van der Waals surface area (Å²) < 4.78 is 9.58. The van der Waals surface area contributed by atoms with Gasteiger partial charge in [-0.25, -0.2) is 9.78 Å². The van der Waals surface area contributed by atoms with Gasteiger partial charge in [-0.1, -0.05) is 0 Å². The Morgan fingerprint density at radius 3 is 2.61 bits per heavy atom. The first kappa shape index (κ1) is 12.4. The van der Waals surface area contributed by atoms with E-state index in [0.717, 1.165) is 4.88 Å². The van der Waals surface area contributed by atoms with Gasteiger partial charge in [0, 0.05) is 10.9 Å². The molecule has 0 unspecified atom stereocenters. The van der Waals surface area contributed by atoms with Gasteiger partial charge in [-0.2, -0.15) is 0 Å². The smallest absolute Gasteiger partial charge is 0.357 e. The van der Waals surface area contributed by atoms with Gasteiger partial charge in [0.15, 0.2) is 5.69 Å². The normalized spacial score (nSPS) is 10.2. The minimum absolute atomic E-state index is 0.315. The van der Waals surface area contributed by atoms with Gasteiger partial charge >= 0.3 is 5.97 Å². The second-order valence-electron chi connectivity index (χ2n) is 3.38. The van der Waals surface area contributed by atoms with Gasteiger partial charge < -0.3 is 9.47 Å². The van der Waals surface area contributed by atoms with Gasteiger partial charge in [0.2, 0.25) is 5.88 Å². The summed E-state index contributed by atoms with van der Waals surface area (Å²) in [6.45, 7) is 1.81. The largest absolute Gasteiger partial charge is 0.480 e. The van der Waals surface area contributed by atoms with Crippen LogP contribution in [0.25, 0.3) is 10.7 Å². The molecular formula is C11H11N3O3S. The van der Waals surface area contributed by atoms with Crippen LogP contribution in [-0.4, -0.2) is 35.4 Å². The molecule has 0 aliphatic carbocycles. The molecule has 2 aromatic rings. The SMILES string of the molecule is COC(=O)c1nc(-c2ccc(OC)nn2)sc1C. The molecule has 0 aromatic carbocycles. The number of esters is 1. The van der Waals surface area contributed by atoms with Crippen molar-refractivity contribution in [1.82, 2.24) is 15.2 Å². The van der Waals surface area contributed by atoms with E-state index >= 15 is 0 Å². The number of thiazole rings is 1. The van der Waals surface area contributed by atoms with Gasteiger partial charge in [-0.15, -0.1) is 21.5 Å². The van der Waals surface area contributed by atoms with E-state index in [-0.39, 0.29) is 0 Å². The summed E-state index contributed by atoms with van der Waals surface area (Å²) in [6, 6.07) is 3.43. The first-order valence-corrected chi connectivity index (χ1v) is 5.91. The van der Waals surface area contributed by atoms with E-state index < -0.39 is 5.97 Å². The van der Waals surface area contributed by atoms with E-state index in [9.17, 15) is 4.79 Å². The van der Waals surface area contributed by atoms with E-state index in [4.69, 9.17) is 4.74 Å². The van der Waals surface area contributed by atoms with Gasteiger partial charge in [0.25, 0.3) is 0 Å². The third kappa shape index (κ3) is 2.30. The van der Waals surface area contributed by atoms with Crippen LogP contribution >= 0.6 is 11.3 Å². The molecule has 0 saturated carbocycles. The number of carbonyl (C=O) groups excluding carboxylic acids is 1. The van der Waals surface area contributed by atoms with Crippen LogP contribution in [0, 0.1) is 6.92 Å². The maximum Gasteiger partial charge on any atom is 0.357 e. The highest BCUT2D eigenvalue weighted by atomic mass is 32.1. The Balaban J connectivity index is 2.36. The maximum absolute atomic E-state index is 11.4. The summed E-state index contributed by atoms with van der Waals surface area (Å²) in [6.07, 6.45) is 0. The predicted octanol–water partition coefficient (Wildman–Crippen LogP) is 1.70. The molecule has 0 amide bonds. The fourth-order valence-electron chi connectivity index (χ4n) is 1.34. The van der Waals surface area contributed by atoms with Crippen LogP contribution < -0.4 is 4.74 Å².